The third-order valence-electron chi connectivity index (χ3n) is 4.51. The smallest absolute Gasteiger partial charge is 0.223 e. The van der Waals surface area contributed by atoms with Crippen molar-refractivity contribution < 1.29 is 9.53 Å². The van der Waals surface area contributed by atoms with E-state index in [1.165, 1.54) is 5.56 Å². The average molecular weight is 311 g/mol. The van der Waals surface area contributed by atoms with Crippen LogP contribution in [0.4, 0.5) is 0 Å². The summed E-state index contributed by atoms with van der Waals surface area (Å²) in [6.45, 7) is 3.89. The molecule has 1 atom stereocenters. The molecule has 120 valence electrons. The van der Waals surface area contributed by atoms with Gasteiger partial charge in [0.15, 0.2) is 0 Å². The van der Waals surface area contributed by atoms with E-state index in [9.17, 15) is 4.79 Å². The summed E-state index contributed by atoms with van der Waals surface area (Å²) in [4.78, 5) is 16.4. The van der Waals surface area contributed by atoms with Crippen LogP contribution in [0.5, 0.6) is 0 Å². The third-order valence-corrected chi connectivity index (χ3v) is 4.51. The first-order valence-electron chi connectivity index (χ1n) is 8.21. The molecule has 5 nitrogen and oxygen atoms in total. The van der Waals surface area contributed by atoms with Gasteiger partial charge in [0.1, 0.15) is 12.4 Å². The van der Waals surface area contributed by atoms with Crippen molar-refractivity contribution in [1.82, 2.24) is 14.9 Å². The number of aryl methyl sites for hydroxylation is 1. The largest absolute Gasteiger partial charge is 0.367 e. The Hall–Kier alpha value is -2.14. The summed E-state index contributed by atoms with van der Waals surface area (Å²) < 4.78 is 7.97. The van der Waals surface area contributed by atoms with Gasteiger partial charge in [0.2, 0.25) is 5.91 Å². The first-order valence-corrected chi connectivity index (χ1v) is 8.21. The number of amides is 1. The van der Waals surface area contributed by atoms with E-state index in [4.69, 9.17) is 4.74 Å². The molecule has 1 saturated carbocycles. The van der Waals surface area contributed by atoms with Crippen LogP contribution >= 0.6 is 0 Å². The lowest BCUT2D eigenvalue weighted by Gasteiger charge is -2.24. The van der Waals surface area contributed by atoms with Gasteiger partial charge in [0.05, 0.1) is 18.3 Å². The zero-order chi connectivity index (χ0) is 15.8. The molecule has 0 bridgehead atoms. The number of aromatic nitrogens is 2. The zero-order valence-electron chi connectivity index (χ0n) is 13.3. The van der Waals surface area contributed by atoms with Gasteiger partial charge in [-0.25, -0.2) is 4.98 Å². The van der Waals surface area contributed by atoms with Crippen molar-refractivity contribution in [2.24, 2.45) is 5.92 Å². The number of carbonyl (C=O) groups is 1. The molecule has 1 N–H and O–H groups in total. The fraction of sp³-hybridized carbons (Fsp3) is 0.444. The molecular formula is C18H21N3O2. The number of nitrogens with zero attached hydrogens (tertiary/aromatic N) is 2. The Balaban J connectivity index is 1.42. The first kappa shape index (κ1) is 14.5. The molecule has 1 aliphatic carbocycles. The van der Waals surface area contributed by atoms with Gasteiger partial charge in [-0.2, -0.15) is 0 Å². The molecule has 2 heterocycles. The molecule has 2 aromatic rings. The number of benzene rings is 1. The zero-order valence-corrected chi connectivity index (χ0v) is 13.3. The number of hydrogen-bond donors (Lipinski definition) is 1. The highest BCUT2D eigenvalue weighted by Gasteiger charge is 2.30. The lowest BCUT2D eigenvalue weighted by molar-refractivity contribution is -0.123. The van der Waals surface area contributed by atoms with E-state index in [1.54, 1.807) is 0 Å². The Kier molecular flexibility index (Phi) is 3.65. The molecule has 1 aliphatic heterocycles. The summed E-state index contributed by atoms with van der Waals surface area (Å²) in [6, 6.07) is 8.39. The highest BCUT2D eigenvalue weighted by Crippen LogP contribution is 2.29. The summed E-state index contributed by atoms with van der Waals surface area (Å²) in [5.41, 5.74) is 3.34. The van der Waals surface area contributed by atoms with Crippen molar-refractivity contribution in [2.45, 2.75) is 39.0 Å². The summed E-state index contributed by atoms with van der Waals surface area (Å²) in [5.74, 6) is 1.37. The van der Waals surface area contributed by atoms with Crippen LogP contribution in [0.25, 0.3) is 11.3 Å². The van der Waals surface area contributed by atoms with E-state index < -0.39 is 0 Å². The Bertz CT molecular complexity index is 716. The number of rotatable bonds is 4. The lowest BCUT2D eigenvalue weighted by Crippen LogP contribution is -2.39. The Morgan fingerprint density at radius 1 is 1.35 bits per heavy atom. The van der Waals surface area contributed by atoms with Crippen molar-refractivity contribution in [3.63, 3.8) is 0 Å². The molecule has 1 aromatic carbocycles. The quantitative estimate of drug-likeness (QED) is 0.942. The van der Waals surface area contributed by atoms with E-state index in [2.05, 4.69) is 52.3 Å². The minimum absolute atomic E-state index is 0.0188. The van der Waals surface area contributed by atoms with Crippen LogP contribution in [-0.2, 0) is 22.7 Å². The van der Waals surface area contributed by atoms with Crippen LogP contribution in [0.2, 0.25) is 0 Å². The van der Waals surface area contributed by atoms with E-state index >= 15 is 0 Å². The van der Waals surface area contributed by atoms with Crippen LogP contribution < -0.4 is 5.32 Å². The topological polar surface area (TPSA) is 56.1 Å². The fourth-order valence-electron chi connectivity index (χ4n) is 2.88. The van der Waals surface area contributed by atoms with Crippen LogP contribution in [0, 0.1) is 12.8 Å². The molecule has 5 heteroatoms. The van der Waals surface area contributed by atoms with Crippen molar-refractivity contribution >= 4 is 5.91 Å². The van der Waals surface area contributed by atoms with Gasteiger partial charge in [0.25, 0.3) is 0 Å². The number of ether oxygens (including phenoxy) is 1. The second-order valence-corrected chi connectivity index (χ2v) is 6.51. The van der Waals surface area contributed by atoms with Gasteiger partial charge in [0, 0.05) is 24.2 Å². The van der Waals surface area contributed by atoms with Crippen molar-refractivity contribution in [3.8, 4) is 11.3 Å². The maximum Gasteiger partial charge on any atom is 0.223 e. The van der Waals surface area contributed by atoms with Gasteiger partial charge in [-0.05, 0) is 19.8 Å². The van der Waals surface area contributed by atoms with Gasteiger partial charge < -0.3 is 14.6 Å². The summed E-state index contributed by atoms with van der Waals surface area (Å²) >= 11 is 0. The number of carbonyl (C=O) groups excluding carboxylic acids is 1. The molecule has 0 radical (unpaired) electrons. The fourth-order valence-corrected chi connectivity index (χ4v) is 2.88. The first-order chi connectivity index (χ1) is 11.2. The SMILES string of the molecule is Cc1ccc(-c2cn3c(n2)CO[C@@H](CNC(=O)C2CC2)C3)cc1. The average Bonchev–Trinajstić information content (AvgIpc) is 3.32. The van der Waals surface area contributed by atoms with Crippen LogP contribution in [0.3, 0.4) is 0 Å². The highest BCUT2D eigenvalue weighted by molar-refractivity contribution is 5.80. The van der Waals surface area contributed by atoms with Gasteiger partial charge in [-0.1, -0.05) is 29.8 Å². The van der Waals surface area contributed by atoms with Crippen LogP contribution in [0.1, 0.15) is 24.2 Å². The van der Waals surface area contributed by atoms with Gasteiger partial charge >= 0.3 is 0 Å². The van der Waals surface area contributed by atoms with Crippen molar-refractivity contribution in [1.29, 1.82) is 0 Å². The molecule has 23 heavy (non-hydrogen) atoms. The minimum Gasteiger partial charge on any atom is -0.367 e. The van der Waals surface area contributed by atoms with E-state index in [-0.39, 0.29) is 17.9 Å². The normalized spacial score (nSPS) is 20.1. The number of nitrogens with one attached hydrogen (secondary N) is 1. The summed E-state index contributed by atoms with van der Waals surface area (Å²) in [6.07, 6.45) is 4.16. The predicted molar refractivity (Wildman–Crippen MR) is 86.7 cm³/mol. The Labute approximate surface area is 135 Å². The molecule has 4 rings (SSSR count). The van der Waals surface area contributed by atoms with E-state index in [0.717, 1.165) is 36.5 Å². The molecule has 1 amide bonds. The van der Waals surface area contributed by atoms with Crippen molar-refractivity contribution in [2.75, 3.05) is 6.54 Å². The van der Waals surface area contributed by atoms with Crippen LogP contribution in [-0.4, -0.2) is 28.1 Å². The molecular weight excluding hydrogens is 290 g/mol. The van der Waals surface area contributed by atoms with E-state index in [0.29, 0.717) is 13.2 Å². The predicted octanol–water partition coefficient (Wildman–Crippen LogP) is 2.28. The number of hydrogen-bond acceptors (Lipinski definition) is 3. The standard InChI is InChI=1S/C18H21N3O2/c1-12-2-4-13(5-3-12)16-10-21-9-15(23-11-17(21)20-16)8-19-18(22)14-6-7-14/h2-5,10,14-15H,6-9,11H2,1H3,(H,19,22)/t15-/m0/s1. The van der Waals surface area contributed by atoms with Crippen molar-refractivity contribution in [3.05, 3.63) is 41.9 Å². The molecule has 1 aromatic heterocycles. The van der Waals surface area contributed by atoms with E-state index in [1.807, 2.05) is 0 Å². The Morgan fingerprint density at radius 3 is 2.87 bits per heavy atom. The lowest BCUT2D eigenvalue weighted by atomic mass is 10.1. The Morgan fingerprint density at radius 2 is 2.13 bits per heavy atom. The maximum absolute atomic E-state index is 11.7. The van der Waals surface area contributed by atoms with Gasteiger partial charge in [-0.15, -0.1) is 0 Å². The molecule has 2 aliphatic rings. The minimum atomic E-state index is 0.0188. The second kappa shape index (κ2) is 5.81. The molecule has 1 fully saturated rings. The number of imidazole rings is 1. The third kappa shape index (κ3) is 3.15. The summed E-state index contributed by atoms with van der Waals surface area (Å²) in [5, 5.41) is 2.99. The summed E-state index contributed by atoms with van der Waals surface area (Å²) in [7, 11) is 0. The molecule has 0 spiro atoms. The maximum atomic E-state index is 11.7. The number of fused-ring (bicyclic) bond motifs is 1. The molecule has 0 saturated heterocycles. The van der Waals surface area contributed by atoms with Crippen LogP contribution in [0.15, 0.2) is 30.5 Å². The second-order valence-electron chi connectivity index (χ2n) is 6.51. The monoisotopic (exact) mass is 311 g/mol. The molecule has 0 unspecified atom stereocenters. The highest BCUT2D eigenvalue weighted by atomic mass is 16.5. The van der Waals surface area contributed by atoms with Gasteiger partial charge in [-0.3, -0.25) is 4.79 Å².